The highest BCUT2D eigenvalue weighted by atomic mass is 19.1. The lowest BCUT2D eigenvalue weighted by atomic mass is 10.2. The molecule has 6 nitrogen and oxygen atoms in total. The third kappa shape index (κ3) is 2.93. The number of aromatic nitrogens is 3. The van der Waals surface area contributed by atoms with E-state index in [1.807, 2.05) is 4.90 Å². The Morgan fingerprint density at radius 2 is 1.68 bits per heavy atom. The minimum absolute atomic E-state index is 0.0637. The lowest BCUT2D eigenvalue weighted by Gasteiger charge is -2.19. The SMILES string of the molecule is O=C(O)c1nn(-c2ccc(F)cc2)nc1N1CCCCCC1. The number of nitrogens with zero attached hydrogens (tertiary/aromatic N) is 4. The lowest BCUT2D eigenvalue weighted by Crippen LogP contribution is -2.26. The summed E-state index contributed by atoms with van der Waals surface area (Å²) in [5.74, 6) is -1.08. The molecule has 3 rings (SSSR count). The van der Waals surface area contributed by atoms with Crippen molar-refractivity contribution in [3.05, 3.63) is 35.8 Å². The number of rotatable bonds is 3. The number of benzene rings is 1. The van der Waals surface area contributed by atoms with Gasteiger partial charge in [-0.05, 0) is 37.1 Å². The maximum atomic E-state index is 13.0. The van der Waals surface area contributed by atoms with E-state index in [0.717, 1.165) is 38.8 Å². The summed E-state index contributed by atoms with van der Waals surface area (Å²) in [7, 11) is 0. The van der Waals surface area contributed by atoms with Crippen LogP contribution < -0.4 is 4.90 Å². The number of anilines is 1. The number of carboxylic acids is 1. The average Bonchev–Trinajstić information content (AvgIpc) is 2.77. The molecule has 1 fully saturated rings. The molecule has 1 saturated heterocycles. The molecule has 0 atom stereocenters. The minimum atomic E-state index is -1.10. The Bertz CT molecular complexity index is 661. The van der Waals surface area contributed by atoms with E-state index in [4.69, 9.17) is 0 Å². The van der Waals surface area contributed by atoms with Gasteiger partial charge in [-0.15, -0.1) is 15.0 Å². The van der Waals surface area contributed by atoms with Gasteiger partial charge in [0.25, 0.3) is 0 Å². The molecular weight excluding hydrogens is 287 g/mol. The number of carboxylic acid groups (broad SMARTS) is 1. The highest BCUT2D eigenvalue weighted by Gasteiger charge is 2.24. The van der Waals surface area contributed by atoms with Gasteiger partial charge in [-0.25, -0.2) is 9.18 Å². The number of hydrogen-bond donors (Lipinski definition) is 1. The zero-order valence-corrected chi connectivity index (χ0v) is 12.1. The highest BCUT2D eigenvalue weighted by molar-refractivity contribution is 5.91. The second-order valence-electron chi connectivity index (χ2n) is 5.34. The molecule has 116 valence electrons. The van der Waals surface area contributed by atoms with E-state index in [1.165, 1.54) is 29.1 Å². The van der Waals surface area contributed by atoms with Crippen molar-refractivity contribution in [3.8, 4) is 5.69 Å². The fourth-order valence-corrected chi connectivity index (χ4v) is 2.62. The van der Waals surface area contributed by atoms with Gasteiger partial charge in [0.2, 0.25) is 5.69 Å². The van der Waals surface area contributed by atoms with E-state index in [2.05, 4.69) is 10.2 Å². The summed E-state index contributed by atoms with van der Waals surface area (Å²) in [6, 6.07) is 5.63. The van der Waals surface area contributed by atoms with Crippen molar-refractivity contribution in [1.29, 1.82) is 0 Å². The van der Waals surface area contributed by atoms with Crippen LogP contribution in [0.5, 0.6) is 0 Å². The van der Waals surface area contributed by atoms with Crippen LogP contribution in [0.25, 0.3) is 5.69 Å². The van der Waals surface area contributed by atoms with Crippen LogP contribution in [0.2, 0.25) is 0 Å². The average molecular weight is 304 g/mol. The van der Waals surface area contributed by atoms with Crippen molar-refractivity contribution in [3.63, 3.8) is 0 Å². The molecule has 1 aliphatic rings. The Labute approximate surface area is 127 Å². The normalized spacial score (nSPS) is 15.6. The quantitative estimate of drug-likeness (QED) is 0.943. The lowest BCUT2D eigenvalue weighted by molar-refractivity contribution is 0.0690. The second-order valence-corrected chi connectivity index (χ2v) is 5.34. The number of halogens is 1. The van der Waals surface area contributed by atoms with Crippen LogP contribution in [0.15, 0.2) is 24.3 Å². The van der Waals surface area contributed by atoms with Crippen molar-refractivity contribution < 1.29 is 14.3 Å². The van der Waals surface area contributed by atoms with E-state index in [-0.39, 0.29) is 11.5 Å². The molecule has 0 bridgehead atoms. The van der Waals surface area contributed by atoms with Gasteiger partial charge in [-0.2, -0.15) is 0 Å². The number of aromatic carboxylic acids is 1. The van der Waals surface area contributed by atoms with Crippen molar-refractivity contribution in [2.75, 3.05) is 18.0 Å². The van der Waals surface area contributed by atoms with Crippen LogP contribution >= 0.6 is 0 Å². The van der Waals surface area contributed by atoms with Crippen molar-refractivity contribution >= 4 is 11.8 Å². The Morgan fingerprint density at radius 3 is 2.27 bits per heavy atom. The molecule has 0 unspecified atom stereocenters. The number of hydrogen-bond acceptors (Lipinski definition) is 4. The van der Waals surface area contributed by atoms with Gasteiger partial charge in [0, 0.05) is 13.1 Å². The molecule has 2 heterocycles. The zero-order valence-electron chi connectivity index (χ0n) is 12.1. The molecule has 2 aromatic rings. The van der Waals surface area contributed by atoms with E-state index in [0.29, 0.717) is 11.5 Å². The molecule has 7 heteroatoms. The van der Waals surface area contributed by atoms with Crippen LogP contribution in [0, 0.1) is 5.82 Å². The minimum Gasteiger partial charge on any atom is -0.476 e. The Hall–Kier alpha value is -2.44. The van der Waals surface area contributed by atoms with Crippen LogP contribution in [-0.2, 0) is 0 Å². The Morgan fingerprint density at radius 1 is 1.05 bits per heavy atom. The van der Waals surface area contributed by atoms with Gasteiger partial charge in [0.1, 0.15) is 5.82 Å². The predicted octanol–water partition coefficient (Wildman–Crippen LogP) is 2.49. The van der Waals surface area contributed by atoms with Gasteiger partial charge in [0.15, 0.2) is 5.82 Å². The summed E-state index contributed by atoms with van der Waals surface area (Å²) in [4.78, 5) is 14.7. The first-order valence-electron chi connectivity index (χ1n) is 7.36. The molecule has 22 heavy (non-hydrogen) atoms. The first-order chi connectivity index (χ1) is 10.6. The van der Waals surface area contributed by atoms with Gasteiger partial charge in [-0.3, -0.25) is 0 Å². The van der Waals surface area contributed by atoms with Crippen LogP contribution in [0.4, 0.5) is 10.2 Å². The Kier molecular flexibility index (Phi) is 4.04. The van der Waals surface area contributed by atoms with E-state index in [9.17, 15) is 14.3 Å². The molecule has 0 aliphatic carbocycles. The molecule has 0 radical (unpaired) electrons. The summed E-state index contributed by atoms with van der Waals surface area (Å²) in [5.41, 5.74) is 0.469. The molecule has 1 aromatic carbocycles. The van der Waals surface area contributed by atoms with Gasteiger partial charge in [0.05, 0.1) is 5.69 Å². The van der Waals surface area contributed by atoms with Crippen LogP contribution in [0.3, 0.4) is 0 Å². The van der Waals surface area contributed by atoms with E-state index in [1.54, 1.807) is 0 Å². The predicted molar refractivity (Wildman–Crippen MR) is 79.0 cm³/mol. The summed E-state index contributed by atoms with van der Waals surface area (Å²) in [6.45, 7) is 1.56. The van der Waals surface area contributed by atoms with Crippen molar-refractivity contribution in [1.82, 2.24) is 15.0 Å². The fraction of sp³-hybridized carbons (Fsp3) is 0.400. The first-order valence-corrected chi connectivity index (χ1v) is 7.36. The second kappa shape index (κ2) is 6.13. The topological polar surface area (TPSA) is 71.2 Å². The van der Waals surface area contributed by atoms with Crippen molar-refractivity contribution in [2.24, 2.45) is 0 Å². The first kappa shape index (κ1) is 14.5. The summed E-state index contributed by atoms with van der Waals surface area (Å²) < 4.78 is 13.0. The third-order valence-electron chi connectivity index (χ3n) is 3.76. The number of carbonyl (C=O) groups is 1. The Balaban J connectivity index is 1.98. The summed E-state index contributed by atoms with van der Waals surface area (Å²) in [5, 5.41) is 17.8. The molecular formula is C15H17FN4O2. The van der Waals surface area contributed by atoms with Gasteiger partial charge in [-0.1, -0.05) is 12.8 Å². The summed E-state index contributed by atoms with van der Waals surface area (Å²) in [6.07, 6.45) is 4.32. The molecule has 0 spiro atoms. The molecule has 0 saturated carbocycles. The van der Waals surface area contributed by atoms with E-state index >= 15 is 0 Å². The fourth-order valence-electron chi connectivity index (χ4n) is 2.62. The molecule has 1 aromatic heterocycles. The van der Waals surface area contributed by atoms with Crippen LogP contribution in [0.1, 0.15) is 36.2 Å². The maximum Gasteiger partial charge on any atom is 0.360 e. The molecule has 0 amide bonds. The maximum absolute atomic E-state index is 13.0. The third-order valence-corrected chi connectivity index (χ3v) is 3.76. The van der Waals surface area contributed by atoms with Gasteiger partial charge >= 0.3 is 5.97 Å². The zero-order chi connectivity index (χ0) is 15.5. The largest absolute Gasteiger partial charge is 0.476 e. The van der Waals surface area contributed by atoms with E-state index < -0.39 is 5.97 Å². The highest BCUT2D eigenvalue weighted by Crippen LogP contribution is 2.22. The molecule has 1 N–H and O–H groups in total. The summed E-state index contributed by atoms with van der Waals surface area (Å²) >= 11 is 0. The monoisotopic (exact) mass is 304 g/mol. The standard InChI is InChI=1S/C15H17FN4O2/c16-11-5-7-12(8-6-11)20-17-13(15(21)22)14(18-20)19-9-3-1-2-4-10-19/h5-8H,1-4,9-10H2,(H,21,22). The van der Waals surface area contributed by atoms with Crippen molar-refractivity contribution in [2.45, 2.75) is 25.7 Å². The van der Waals surface area contributed by atoms with Crippen LogP contribution in [-0.4, -0.2) is 39.2 Å². The molecule has 1 aliphatic heterocycles. The van der Waals surface area contributed by atoms with Gasteiger partial charge < -0.3 is 10.0 Å². The smallest absolute Gasteiger partial charge is 0.360 e.